The van der Waals surface area contributed by atoms with Crippen LogP contribution in [0.2, 0.25) is 0 Å². The molecular formula is C19H26N4O3. The average molecular weight is 358 g/mol. The number of rotatable bonds is 10. The number of guanidine groups is 1. The second kappa shape index (κ2) is 11.6. The number of amides is 1. The standard InChI is InChI=1S/C19H26N4O3/c1-2-20-19(22-11-7-15-25-16-8-4-3-5-9-16)23-13-12-21-18(24)17-10-6-14-26-17/h3-6,8-10,14H,2,7,11-13,15H2,1H3,(H,21,24)(H2,20,22,23). The lowest BCUT2D eigenvalue weighted by Gasteiger charge is -2.11. The number of carbonyl (C=O) groups excluding carboxylic acids is 1. The van der Waals surface area contributed by atoms with Crippen molar-refractivity contribution in [1.82, 2.24) is 16.0 Å². The molecule has 0 atom stereocenters. The van der Waals surface area contributed by atoms with Gasteiger partial charge in [-0.05, 0) is 31.2 Å². The monoisotopic (exact) mass is 358 g/mol. The molecule has 0 saturated heterocycles. The van der Waals surface area contributed by atoms with Crippen molar-refractivity contribution in [2.45, 2.75) is 13.3 Å². The Labute approximate surface area is 153 Å². The van der Waals surface area contributed by atoms with E-state index in [1.807, 2.05) is 37.3 Å². The molecule has 1 aromatic heterocycles. The van der Waals surface area contributed by atoms with E-state index in [1.165, 1.54) is 6.26 Å². The average Bonchev–Trinajstić information content (AvgIpc) is 3.20. The maximum atomic E-state index is 11.7. The Bertz CT molecular complexity index is 657. The Morgan fingerprint density at radius 1 is 1.08 bits per heavy atom. The van der Waals surface area contributed by atoms with Crippen molar-refractivity contribution in [3.63, 3.8) is 0 Å². The highest BCUT2D eigenvalue weighted by Gasteiger charge is 2.06. The second-order valence-corrected chi connectivity index (χ2v) is 5.44. The Morgan fingerprint density at radius 3 is 2.62 bits per heavy atom. The molecule has 0 bridgehead atoms. The molecule has 2 rings (SSSR count). The van der Waals surface area contributed by atoms with Gasteiger partial charge in [-0.2, -0.15) is 0 Å². The molecule has 0 aliphatic rings. The van der Waals surface area contributed by atoms with E-state index in [0.29, 0.717) is 32.0 Å². The molecule has 1 heterocycles. The summed E-state index contributed by atoms with van der Waals surface area (Å²) >= 11 is 0. The van der Waals surface area contributed by atoms with Crippen LogP contribution in [-0.4, -0.2) is 44.7 Å². The van der Waals surface area contributed by atoms with E-state index in [9.17, 15) is 4.79 Å². The van der Waals surface area contributed by atoms with E-state index in [-0.39, 0.29) is 5.91 Å². The van der Waals surface area contributed by atoms with Gasteiger partial charge in [0.15, 0.2) is 11.7 Å². The molecular weight excluding hydrogens is 332 g/mol. The minimum Gasteiger partial charge on any atom is -0.494 e. The van der Waals surface area contributed by atoms with Gasteiger partial charge in [0.1, 0.15) is 5.75 Å². The fraction of sp³-hybridized carbons (Fsp3) is 0.368. The number of nitrogens with one attached hydrogen (secondary N) is 3. The zero-order valence-corrected chi connectivity index (χ0v) is 15.0. The Hall–Kier alpha value is -2.96. The van der Waals surface area contributed by atoms with Crippen LogP contribution in [0.15, 0.2) is 58.1 Å². The van der Waals surface area contributed by atoms with E-state index in [4.69, 9.17) is 9.15 Å². The predicted octanol–water partition coefficient (Wildman–Crippen LogP) is 2.03. The molecule has 0 spiro atoms. The topological polar surface area (TPSA) is 87.9 Å². The number of benzene rings is 1. The highest BCUT2D eigenvalue weighted by Crippen LogP contribution is 2.08. The van der Waals surface area contributed by atoms with Gasteiger partial charge >= 0.3 is 0 Å². The molecule has 0 radical (unpaired) electrons. The first kappa shape index (κ1) is 19.4. The SMILES string of the molecule is CCNC(=NCCCOc1ccccc1)NCCNC(=O)c1ccco1. The molecule has 7 nitrogen and oxygen atoms in total. The molecule has 2 aromatic rings. The predicted molar refractivity (Wildman–Crippen MR) is 102 cm³/mol. The van der Waals surface area contributed by atoms with Gasteiger partial charge in [0, 0.05) is 32.6 Å². The number of ether oxygens (including phenoxy) is 1. The number of furan rings is 1. The van der Waals surface area contributed by atoms with Crippen LogP contribution in [0.25, 0.3) is 0 Å². The molecule has 140 valence electrons. The molecule has 0 unspecified atom stereocenters. The van der Waals surface area contributed by atoms with Crippen molar-refractivity contribution in [2.24, 2.45) is 4.99 Å². The summed E-state index contributed by atoms with van der Waals surface area (Å²) in [5.74, 6) is 1.68. The van der Waals surface area contributed by atoms with Gasteiger partial charge in [-0.25, -0.2) is 0 Å². The van der Waals surface area contributed by atoms with Crippen LogP contribution >= 0.6 is 0 Å². The number of para-hydroxylation sites is 1. The van der Waals surface area contributed by atoms with Crippen LogP contribution in [0.4, 0.5) is 0 Å². The van der Waals surface area contributed by atoms with Gasteiger partial charge in [-0.1, -0.05) is 18.2 Å². The van der Waals surface area contributed by atoms with Gasteiger partial charge in [0.25, 0.3) is 5.91 Å². The van der Waals surface area contributed by atoms with Crippen molar-refractivity contribution in [3.8, 4) is 5.75 Å². The normalized spacial score (nSPS) is 11.0. The number of aliphatic imine (C=N–C) groups is 1. The summed E-state index contributed by atoms with van der Waals surface area (Å²) in [6.07, 6.45) is 2.30. The number of carbonyl (C=O) groups is 1. The molecule has 0 aliphatic heterocycles. The Morgan fingerprint density at radius 2 is 1.88 bits per heavy atom. The van der Waals surface area contributed by atoms with E-state index in [0.717, 1.165) is 24.7 Å². The van der Waals surface area contributed by atoms with Crippen LogP contribution in [-0.2, 0) is 0 Å². The molecule has 3 N–H and O–H groups in total. The van der Waals surface area contributed by atoms with Crippen LogP contribution in [0.1, 0.15) is 23.9 Å². The number of nitrogens with zero attached hydrogens (tertiary/aromatic N) is 1. The minimum atomic E-state index is -0.225. The number of hydrogen-bond acceptors (Lipinski definition) is 4. The van der Waals surface area contributed by atoms with E-state index in [2.05, 4.69) is 20.9 Å². The molecule has 7 heteroatoms. The molecule has 0 saturated carbocycles. The zero-order valence-electron chi connectivity index (χ0n) is 15.0. The lowest BCUT2D eigenvalue weighted by atomic mass is 10.3. The smallest absolute Gasteiger partial charge is 0.287 e. The highest BCUT2D eigenvalue weighted by atomic mass is 16.5. The van der Waals surface area contributed by atoms with Crippen molar-refractivity contribution in [3.05, 3.63) is 54.5 Å². The molecule has 0 fully saturated rings. The third-order valence-corrected chi connectivity index (χ3v) is 3.38. The molecule has 1 aromatic carbocycles. The lowest BCUT2D eigenvalue weighted by Crippen LogP contribution is -2.41. The quantitative estimate of drug-likeness (QED) is 0.344. The van der Waals surface area contributed by atoms with Crippen molar-refractivity contribution < 1.29 is 13.9 Å². The van der Waals surface area contributed by atoms with Crippen molar-refractivity contribution in [2.75, 3.05) is 32.8 Å². The molecule has 1 amide bonds. The first-order chi connectivity index (χ1) is 12.8. The zero-order chi connectivity index (χ0) is 18.5. The third-order valence-electron chi connectivity index (χ3n) is 3.38. The van der Waals surface area contributed by atoms with Gasteiger partial charge in [0.05, 0.1) is 12.9 Å². The summed E-state index contributed by atoms with van der Waals surface area (Å²) in [6, 6.07) is 13.0. The summed E-state index contributed by atoms with van der Waals surface area (Å²) in [5.41, 5.74) is 0. The lowest BCUT2D eigenvalue weighted by molar-refractivity contribution is 0.0926. The van der Waals surface area contributed by atoms with E-state index >= 15 is 0 Å². The highest BCUT2D eigenvalue weighted by molar-refractivity contribution is 5.91. The molecule has 0 aliphatic carbocycles. The fourth-order valence-electron chi connectivity index (χ4n) is 2.16. The Kier molecular flexibility index (Phi) is 8.62. The van der Waals surface area contributed by atoms with Crippen LogP contribution in [0.5, 0.6) is 5.75 Å². The van der Waals surface area contributed by atoms with Gasteiger partial charge in [-0.3, -0.25) is 9.79 Å². The third kappa shape index (κ3) is 7.29. The van der Waals surface area contributed by atoms with Crippen LogP contribution in [0.3, 0.4) is 0 Å². The first-order valence-corrected chi connectivity index (χ1v) is 8.81. The van der Waals surface area contributed by atoms with Gasteiger partial charge in [0.2, 0.25) is 0 Å². The summed E-state index contributed by atoms with van der Waals surface area (Å²) < 4.78 is 10.7. The van der Waals surface area contributed by atoms with Crippen LogP contribution < -0.4 is 20.7 Å². The maximum Gasteiger partial charge on any atom is 0.287 e. The fourth-order valence-corrected chi connectivity index (χ4v) is 2.16. The van der Waals surface area contributed by atoms with Gasteiger partial charge < -0.3 is 25.1 Å². The molecule has 26 heavy (non-hydrogen) atoms. The van der Waals surface area contributed by atoms with E-state index < -0.39 is 0 Å². The van der Waals surface area contributed by atoms with Crippen molar-refractivity contribution in [1.29, 1.82) is 0 Å². The summed E-state index contributed by atoms with van der Waals surface area (Å²) in [4.78, 5) is 16.2. The summed E-state index contributed by atoms with van der Waals surface area (Å²) in [5, 5.41) is 9.14. The van der Waals surface area contributed by atoms with Crippen molar-refractivity contribution >= 4 is 11.9 Å². The maximum absolute atomic E-state index is 11.7. The van der Waals surface area contributed by atoms with Gasteiger partial charge in [-0.15, -0.1) is 0 Å². The Balaban J connectivity index is 1.62. The summed E-state index contributed by atoms with van der Waals surface area (Å²) in [6.45, 7) is 5.09. The summed E-state index contributed by atoms with van der Waals surface area (Å²) in [7, 11) is 0. The largest absolute Gasteiger partial charge is 0.494 e. The number of hydrogen-bond donors (Lipinski definition) is 3. The van der Waals surface area contributed by atoms with E-state index in [1.54, 1.807) is 12.1 Å². The minimum absolute atomic E-state index is 0.225. The van der Waals surface area contributed by atoms with Crippen LogP contribution in [0, 0.1) is 0 Å². The second-order valence-electron chi connectivity index (χ2n) is 5.44. The first-order valence-electron chi connectivity index (χ1n) is 8.81.